The van der Waals surface area contributed by atoms with E-state index in [1.54, 1.807) is 0 Å². The molecule has 1 atom stereocenters. The summed E-state index contributed by atoms with van der Waals surface area (Å²) < 4.78 is 16.9. The molecule has 0 aromatic carbocycles. The summed E-state index contributed by atoms with van der Waals surface area (Å²) in [5, 5.41) is 0. The molecule has 0 bridgehead atoms. The second-order valence-electron chi connectivity index (χ2n) is 22.3. The van der Waals surface area contributed by atoms with Gasteiger partial charge in [-0.05, 0) is 109 Å². The van der Waals surface area contributed by atoms with E-state index in [0.717, 1.165) is 116 Å². The van der Waals surface area contributed by atoms with E-state index in [1.807, 2.05) is 0 Å². The van der Waals surface area contributed by atoms with Crippen molar-refractivity contribution in [1.82, 2.24) is 0 Å². The Labute approximate surface area is 501 Å². The lowest BCUT2D eigenvalue weighted by atomic mass is 10.0. The molecular weight excluding hydrogens is 997 g/mol. The highest BCUT2D eigenvalue weighted by molar-refractivity contribution is 5.71. The van der Waals surface area contributed by atoms with Crippen LogP contribution in [-0.4, -0.2) is 37.2 Å². The molecule has 0 aliphatic heterocycles. The normalized spacial score (nSPS) is 12.9. The number of hydrogen-bond donors (Lipinski definition) is 0. The molecule has 0 saturated heterocycles. The minimum atomic E-state index is -0.801. The first-order valence-corrected chi connectivity index (χ1v) is 34.0. The summed E-state index contributed by atoms with van der Waals surface area (Å²) in [4.78, 5) is 38.3. The first-order chi connectivity index (χ1) is 40.0. The van der Waals surface area contributed by atoms with E-state index in [4.69, 9.17) is 14.2 Å². The highest BCUT2D eigenvalue weighted by atomic mass is 16.6. The molecule has 6 heteroatoms. The average molecular weight is 1120 g/mol. The maximum atomic E-state index is 12.9. The van der Waals surface area contributed by atoms with Crippen LogP contribution in [0.2, 0.25) is 0 Å². The molecular formula is C75H126O6. The zero-order valence-electron chi connectivity index (χ0n) is 53.0. The van der Waals surface area contributed by atoms with E-state index in [0.29, 0.717) is 19.3 Å². The number of carbonyl (C=O) groups excluding carboxylic acids is 3. The van der Waals surface area contributed by atoms with Gasteiger partial charge in [-0.2, -0.15) is 0 Å². The second kappa shape index (κ2) is 68.3. The molecule has 6 nitrogen and oxygen atoms in total. The Hall–Kier alpha value is -4.19. The summed E-state index contributed by atoms with van der Waals surface area (Å²) >= 11 is 0. The summed E-state index contributed by atoms with van der Waals surface area (Å²) in [7, 11) is 0. The summed E-state index contributed by atoms with van der Waals surface area (Å²) in [6.45, 7) is 6.40. The Morgan fingerprint density at radius 1 is 0.259 bits per heavy atom. The van der Waals surface area contributed by atoms with Crippen LogP contribution in [0.25, 0.3) is 0 Å². The molecule has 81 heavy (non-hydrogen) atoms. The standard InChI is InChI=1S/C75H126O6/c1-4-7-10-13-16-19-22-25-28-29-30-31-32-33-34-35-36-37-38-39-40-41-42-43-44-45-48-50-53-56-59-62-65-68-74(77)80-71-72(81-75(78)69-66-63-60-57-54-51-47-27-24-21-18-15-12-9-6-3)70-79-73(76)67-64-61-58-55-52-49-46-26-23-20-17-14-11-8-5-2/h7,9-10,12,16,18-19,21,25,27-28,30-31,33-34,36-37,47,54,57,72H,4-6,8,11,13-15,17,20,22-24,26,29,32,35,38-46,48-53,55-56,58-71H2,1-3H3/b10-7-,12-9-,19-16-,21-18-,28-25-,31-30-,34-33-,37-36-,47-27-,57-54-. The van der Waals surface area contributed by atoms with Crippen LogP contribution in [0, 0.1) is 0 Å². The zero-order valence-corrected chi connectivity index (χ0v) is 53.0. The van der Waals surface area contributed by atoms with E-state index in [2.05, 4.69) is 142 Å². The van der Waals surface area contributed by atoms with Crippen LogP contribution < -0.4 is 0 Å². The predicted octanol–water partition coefficient (Wildman–Crippen LogP) is 23.6. The third-order valence-corrected chi connectivity index (χ3v) is 14.5. The lowest BCUT2D eigenvalue weighted by Crippen LogP contribution is -2.30. The van der Waals surface area contributed by atoms with Crippen molar-refractivity contribution in [3.05, 3.63) is 122 Å². The first-order valence-electron chi connectivity index (χ1n) is 34.0. The van der Waals surface area contributed by atoms with Gasteiger partial charge in [0.15, 0.2) is 6.10 Å². The Bertz CT molecular complexity index is 1670. The minimum absolute atomic E-state index is 0.0924. The maximum Gasteiger partial charge on any atom is 0.306 e. The van der Waals surface area contributed by atoms with Gasteiger partial charge in [-0.1, -0.05) is 309 Å². The van der Waals surface area contributed by atoms with Crippen LogP contribution >= 0.6 is 0 Å². The summed E-state index contributed by atoms with van der Waals surface area (Å²) in [6.07, 6.45) is 95.1. The molecule has 0 aliphatic rings. The molecule has 0 aromatic rings. The quantitative estimate of drug-likeness (QED) is 0.0261. The van der Waals surface area contributed by atoms with Crippen molar-refractivity contribution in [2.45, 2.75) is 322 Å². The second-order valence-corrected chi connectivity index (χ2v) is 22.3. The monoisotopic (exact) mass is 1120 g/mol. The molecule has 0 fully saturated rings. The van der Waals surface area contributed by atoms with Gasteiger partial charge in [0.25, 0.3) is 0 Å². The minimum Gasteiger partial charge on any atom is -0.462 e. The van der Waals surface area contributed by atoms with Gasteiger partial charge in [0.2, 0.25) is 0 Å². The molecule has 1 unspecified atom stereocenters. The van der Waals surface area contributed by atoms with Crippen molar-refractivity contribution in [2.24, 2.45) is 0 Å². The average Bonchev–Trinajstić information content (AvgIpc) is 3.47. The van der Waals surface area contributed by atoms with E-state index >= 15 is 0 Å². The number of allylic oxidation sites excluding steroid dienone is 20. The summed E-state index contributed by atoms with van der Waals surface area (Å²) in [5.41, 5.74) is 0. The Balaban J connectivity index is 4.24. The summed E-state index contributed by atoms with van der Waals surface area (Å²) in [5.74, 6) is -0.925. The van der Waals surface area contributed by atoms with Gasteiger partial charge < -0.3 is 14.2 Å². The number of hydrogen-bond acceptors (Lipinski definition) is 6. The molecule has 0 saturated carbocycles. The van der Waals surface area contributed by atoms with Crippen molar-refractivity contribution in [1.29, 1.82) is 0 Å². The third kappa shape index (κ3) is 66.5. The highest BCUT2D eigenvalue weighted by Crippen LogP contribution is 2.17. The Kier molecular flexibility index (Phi) is 64.8. The number of carbonyl (C=O) groups is 3. The van der Waals surface area contributed by atoms with Gasteiger partial charge in [0.05, 0.1) is 0 Å². The SMILES string of the molecule is CC/C=C\C/C=C\C/C=C\C/C=C\C/C=C\C/C=C\CCCCCCCCCCCCCCCCC(=O)OCC(COC(=O)CCCCCCCCCCCCCCCCC)OC(=O)CCCC/C=C\C/C=C\C/C=C\C/C=C\CC. The van der Waals surface area contributed by atoms with Crippen LogP contribution in [0.1, 0.15) is 316 Å². The van der Waals surface area contributed by atoms with Crippen LogP contribution in [0.5, 0.6) is 0 Å². The van der Waals surface area contributed by atoms with Crippen LogP contribution in [0.3, 0.4) is 0 Å². The van der Waals surface area contributed by atoms with E-state index in [1.165, 1.54) is 154 Å². The molecule has 0 spiro atoms. The lowest BCUT2D eigenvalue weighted by Gasteiger charge is -2.18. The van der Waals surface area contributed by atoms with Crippen LogP contribution in [0.15, 0.2) is 122 Å². The predicted molar refractivity (Wildman–Crippen MR) is 353 cm³/mol. The van der Waals surface area contributed by atoms with E-state index in [-0.39, 0.29) is 37.5 Å². The fourth-order valence-corrected chi connectivity index (χ4v) is 9.44. The number of ether oxygens (including phenoxy) is 3. The fourth-order valence-electron chi connectivity index (χ4n) is 9.44. The molecule has 0 N–H and O–H groups in total. The molecule has 0 aliphatic carbocycles. The third-order valence-electron chi connectivity index (χ3n) is 14.5. The Morgan fingerprint density at radius 3 is 0.778 bits per heavy atom. The summed E-state index contributed by atoms with van der Waals surface area (Å²) in [6, 6.07) is 0. The van der Waals surface area contributed by atoms with E-state index in [9.17, 15) is 14.4 Å². The smallest absolute Gasteiger partial charge is 0.306 e. The zero-order chi connectivity index (χ0) is 58.5. The van der Waals surface area contributed by atoms with Gasteiger partial charge >= 0.3 is 17.9 Å². The van der Waals surface area contributed by atoms with Gasteiger partial charge in [-0.3, -0.25) is 14.4 Å². The van der Waals surface area contributed by atoms with Gasteiger partial charge in [0, 0.05) is 19.3 Å². The highest BCUT2D eigenvalue weighted by Gasteiger charge is 2.19. The Morgan fingerprint density at radius 2 is 0.481 bits per heavy atom. The number of rotatable bonds is 61. The first kappa shape index (κ1) is 76.8. The maximum absolute atomic E-state index is 12.9. The van der Waals surface area contributed by atoms with Crippen molar-refractivity contribution in [2.75, 3.05) is 13.2 Å². The molecule has 0 amide bonds. The van der Waals surface area contributed by atoms with Crippen molar-refractivity contribution in [3.63, 3.8) is 0 Å². The van der Waals surface area contributed by atoms with Crippen molar-refractivity contribution >= 4 is 17.9 Å². The van der Waals surface area contributed by atoms with Crippen molar-refractivity contribution < 1.29 is 28.6 Å². The van der Waals surface area contributed by atoms with Crippen LogP contribution in [-0.2, 0) is 28.6 Å². The molecule has 0 rings (SSSR count). The molecule has 0 heterocycles. The van der Waals surface area contributed by atoms with Crippen molar-refractivity contribution in [3.8, 4) is 0 Å². The number of unbranched alkanes of at least 4 members (excludes halogenated alkanes) is 30. The lowest BCUT2D eigenvalue weighted by molar-refractivity contribution is -0.167. The largest absolute Gasteiger partial charge is 0.462 e. The van der Waals surface area contributed by atoms with E-state index < -0.39 is 6.10 Å². The molecule has 462 valence electrons. The topological polar surface area (TPSA) is 78.9 Å². The van der Waals surface area contributed by atoms with Crippen LogP contribution in [0.4, 0.5) is 0 Å². The number of esters is 3. The molecule has 0 aromatic heterocycles. The van der Waals surface area contributed by atoms with Gasteiger partial charge in [-0.25, -0.2) is 0 Å². The molecule has 0 radical (unpaired) electrons. The van der Waals surface area contributed by atoms with Gasteiger partial charge in [-0.15, -0.1) is 0 Å². The van der Waals surface area contributed by atoms with Gasteiger partial charge in [0.1, 0.15) is 13.2 Å². The fraction of sp³-hybridized carbons (Fsp3) is 0.693.